The first-order chi connectivity index (χ1) is 10.9. The van der Waals surface area contributed by atoms with Crippen LogP contribution in [0.1, 0.15) is 41.8 Å². The number of carbonyl (C=O) groups excluding carboxylic acids is 1. The number of benzene rings is 1. The van der Waals surface area contributed by atoms with E-state index in [0.717, 1.165) is 11.3 Å². The molecular formula is C18H18FN3O. The van der Waals surface area contributed by atoms with E-state index in [4.69, 9.17) is 0 Å². The number of hydrazone groups is 1. The molecule has 1 aromatic carbocycles. The highest BCUT2D eigenvalue weighted by Gasteiger charge is 2.39. The molecule has 0 fully saturated rings. The summed E-state index contributed by atoms with van der Waals surface area (Å²) >= 11 is 0. The molecular weight excluding hydrogens is 293 g/mol. The molecule has 0 spiro atoms. The fraction of sp³-hybridized carbons (Fsp3) is 0.278. The maximum absolute atomic E-state index is 13.8. The number of nitrogens with zero attached hydrogens (tertiary/aromatic N) is 3. The Labute approximate surface area is 134 Å². The zero-order valence-corrected chi connectivity index (χ0v) is 13.4. The fourth-order valence-electron chi connectivity index (χ4n) is 2.78. The Morgan fingerprint density at radius 1 is 1.22 bits per heavy atom. The van der Waals surface area contributed by atoms with Crippen LogP contribution in [0.4, 0.5) is 4.39 Å². The maximum atomic E-state index is 13.8. The molecule has 3 rings (SSSR count). The summed E-state index contributed by atoms with van der Waals surface area (Å²) in [7, 11) is 0. The number of rotatable bonds is 2. The van der Waals surface area contributed by atoms with Crippen molar-refractivity contribution in [2.75, 3.05) is 0 Å². The Morgan fingerprint density at radius 3 is 2.61 bits per heavy atom. The van der Waals surface area contributed by atoms with Crippen LogP contribution in [0.15, 0.2) is 47.8 Å². The third-order valence-electron chi connectivity index (χ3n) is 4.09. The summed E-state index contributed by atoms with van der Waals surface area (Å²) in [6.45, 7) is 5.64. The van der Waals surface area contributed by atoms with E-state index < -0.39 is 5.54 Å². The van der Waals surface area contributed by atoms with Gasteiger partial charge in [-0.05, 0) is 44.5 Å². The minimum Gasteiger partial charge on any atom is -0.267 e. The van der Waals surface area contributed by atoms with Gasteiger partial charge in [0.05, 0.1) is 11.3 Å². The highest BCUT2D eigenvalue weighted by Crippen LogP contribution is 2.32. The molecule has 1 amide bonds. The van der Waals surface area contributed by atoms with E-state index in [9.17, 15) is 9.18 Å². The average Bonchev–Trinajstić information content (AvgIpc) is 2.85. The second-order valence-electron chi connectivity index (χ2n) is 6.30. The molecule has 0 aliphatic carbocycles. The minimum atomic E-state index is -0.464. The maximum Gasteiger partial charge on any atom is 0.274 e. The van der Waals surface area contributed by atoms with E-state index in [1.165, 1.54) is 11.1 Å². The van der Waals surface area contributed by atoms with Crippen molar-refractivity contribution in [3.05, 3.63) is 65.2 Å². The molecule has 1 aliphatic heterocycles. The number of aromatic nitrogens is 1. The van der Waals surface area contributed by atoms with E-state index in [0.29, 0.717) is 17.5 Å². The number of amides is 1. The summed E-state index contributed by atoms with van der Waals surface area (Å²) in [6.07, 6.45) is 3.74. The summed E-state index contributed by atoms with van der Waals surface area (Å²) in [6, 6.07) is 8.27. The molecule has 2 heterocycles. The molecule has 0 unspecified atom stereocenters. The van der Waals surface area contributed by atoms with Crippen LogP contribution >= 0.6 is 0 Å². The number of hydrogen-bond donors (Lipinski definition) is 0. The van der Waals surface area contributed by atoms with Gasteiger partial charge < -0.3 is 0 Å². The molecule has 4 nitrogen and oxygen atoms in total. The topological polar surface area (TPSA) is 45.6 Å². The highest BCUT2D eigenvalue weighted by atomic mass is 19.1. The largest absolute Gasteiger partial charge is 0.274 e. The van der Waals surface area contributed by atoms with Crippen molar-refractivity contribution in [1.82, 2.24) is 9.99 Å². The second kappa shape index (κ2) is 5.57. The lowest BCUT2D eigenvalue weighted by atomic mass is 9.92. The highest BCUT2D eigenvalue weighted by molar-refractivity contribution is 6.06. The van der Waals surface area contributed by atoms with Crippen molar-refractivity contribution < 1.29 is 9.18 Å². The normalized spacial score (nSPS) is 16.3. The van der Waals surface area contributed by atoms with Crippen LogP contribution in [0, 0.1) is 12.7 Å². The Bertz CT molecular complexity index is 784. The van der Waals surface area contributed by atoms with Crippen LogP contribution in [0.2, 0.25) is 0 Å². The van der Waals surface area contributed by atoms with Crippen molar-refractivity contribution in [3.8, 4) is 0 Å². The quantitative estimate of drug-likeness (QED) is 0.851. The lowest BCUT2D eigenvalue weighted by molar-refractivity contribution is 0.0612. The van der Waals surface area contributed by atoms with Crippen LogP contribution in [0.5, 0.6) is 0 Å². The SMILES string of the molecule is Cc1c(F)cccc1C1=NN(C(=O)c2ccncc2)C(C)(C)C1. The summed E-state index contributed by atoms with van der Waals surface area (Å²) in [5.41, 5.74) is 2.11. The zero-order chi connectivity index (χ0) is 16.6. The molecule has 5 heteroatoms. The number of hydrogen-bond acceptors (Lipinski definition) is 3. The van der Waals surface area contributed by atoms with Crippen LogP contribution in [0.25, 0.3) is 0 Å². The number of pyridine rings is 1. The first kappa shape index (κ1) is 15.3. The Balaban J connectivity index is 2.00. The predicted octanol–water partition coefficient (Wildman–Crippen LogP) is 3.56. The van der Waals surface area contributed by atoms with Crippen molar-refractivity contribution in [1.29, 1.82) is 0 Å². The van der Waals surface area contributed by atoms with Crippen LogP contribution in [-0.4, -0.2) is 27.2 Å². The predicted molar refractivity (Wildman–Crippen MR) is 86.8 cm³/mol. The Kier molecular flexibility index (Phi) is 3.72. The lowest BCUT2D eigenvalue weighted by Crippen LogP contribution is -2.40. The van der Waals surface area contributed by atoms with E-state index >= 15 is 0 Å². The molecule has 0 radical (unpaired) electrons. The van der Waals surface area contributed by atoms with Gasteiger partial charge in [0.25, 0.3) is 5.91 Å². The molecule has 0 bridgehead atoms. The molecule has 0 atom stereocenters. The van der Waals surface area contributed by atoms with E-state index in [2.05, 4.69) is 10.1 Å². The molecule has 1 aromatic heterocycles. The van der Waals surface area contributed by atoms with Crippen LogP contribution in [-0.2, 0) is 0 Å². The molecule has 2 aromatic rings. The minimum absolute atomic E-state index is 0.179. The van der Waals surface area contributed by atoms with Gasteiger partial charge in [-0.15, -0.1) is 0 Å². The van der Waals surface area contributed by atoms with Gasteiger partial charge in [-0.2, -0.15) is 5.10 Å². The van der Waals surface area contributed by atoms with Gasteiger partial charge in [-0.25, -0.2) is 9.40 Å². The number of carbonyl (C=O) groups is 1. The summed E-state index contributed by atoms with van der Waals surface area (Å²) < 4.78 is 13.8. The van der Waals surface area contributed by atoms with Crippen molar-refractivity contribution >= 4 is 11.6 Å². The van der Waals surface area contributed by atoms with E-state index in [-0.39, 0.29) is 11.7 Å². The first-order valence-corrected chi connectivity index (χ1v) is 7.48. The second-order valence-corrected chi connectivity index (χ2v) is 6.30. The van der Waals surface area contributed by atoms with Gasteiger partial charge in [-0.3, -0.25) is 9.78 Å². The fourth-order valence-corrected chi connectivity index (χ4v) is 2.78. The molecule has 0 saturated heterocycles. The summed E-state index contributed by atoms with van der Waals surface area (Å²) in [5.74, 6) is -0.441. The van der Waals surface area contributed by atoms with E-state index in [1.54, 1.807) is 37.5 Å². The third kappa shape index (κ3) is 2.74. The zero-order valence-electron chi connectivity index (χ0n) is 13.4. The molecule has 0 N–H and O–H groups in total. The van der Waals surface area contributed by atoms with Gasteiger partial charge >= 0.3 is 0 Å². The number of halogens is 1. The standard InChI is InChI=1S/C18H18FN3O/c1-12-14(5-4-6-15(12)19)16-11-18(2,3)22(21-16)17(23)13-7-9-20-10-8-13/h4-10H,11H2,1-3H3. The Morgan fingerprint density at radius 2 is 1.91 bits per heavy atom. The summed E-state index contributed by atoms with van der Waals surface area (Å²) in [4.78, 5) is 16.6. The smallest absolute Gasteiger partial charge is 0.267 e. The monoisotopic (exact) mass is 311 g/mol. The summed E-state index contributed by atoms with van der Waals surface area (Å²) in [5, 5.41) is 5.99. The van der Waals surface area contributed by atoms with Gasteiger partial charge in [-0.1, -0.05) is 12.1 Å². The first-order valence-electron chi connectivity index (χ1n) is 7.48. The van der Waals surface area contributed by atoms with Gasteiger partial charge in [0.2, 0.25) is 0 Å². The molecule has 118 valence electrons. The molecule has 1 aliphatic rings. The molecule has 23 heavy (non-hydrogen) atoms. The van der Waals surface area contributed by atoms with Crippen molar-refractivity contribution in [3.63, 3.8) is 0 Å². The van der Waals surface area contributed by atoms with Crippen molar-refractivity contribution in [2.45, 2.75) is 32.7 Å². The van der Waals surface area contributed by atoms with Crippen molar-refractivity contribution in [2.24, 2.45) is 5.10 Å². The molecule has 0 saturated carbocycles. The van der Waals surface area contributed by atoms with Crippen LogP contribution in [0.3, 0.4) is 0 Å². The van der Waals surface area contributed by atoms with E-state index in [1.807, 2.05) is 19.9 Å². The lowest BCUT2D eigenvalue weighted by Gasteiger charge is -2.28. The third-order valence-corrected chi connectivity index (χ3v) is 4.09. The van der Waals surface area contributed by atoms with Crippen LogP contribution < -0.4 is 0 Å². The van der Waals surface area contributed by atoms with Gasteiger partial charge in [0, 0.05) is 29.9 Å². The average molecular weight is 311 g/mol. The van der Waals surface area contributed by atoms with Gasteiger partial charge in [0.15, 0.2) is 0 Å². The van der Waals surface area contributed by atoms with Gasteiger partial charge in [0.1, 0.15) is 5.82 Å². The Hall–Kier alpha value is -2.56.